The summed E-state index contributed by atoms with van der Waals surface area (Å²) < 4.78 is 24.4. The molecular weight excluding hydrogens is 122 g/mol. The Hall–Kier alpha value is -0.140. The van der Waals surface area contributed by atoms with Gasteiger partial charge in [0.1, 0.15) is 12.3 Å². The van der Waals surface area contributed by atoms with Crippen molar-refractivity contribution in [3.8, 4) is 0 Å². The molecule has 0 aliphatic rings. The van der Waals surface area contributed by atoms with E-state index in [4.69, 9.17) is 0 Å². The smallest absolute Gasteiger partial charge is 0.103 e. The van der Waals surface area contributed by atoms with Crippen molar-refractivity contribution in [2.45, 2.75) is 38.5 Å². The molecule has 0 spiro atoms. The second kappa shape index (κ2) is 4.71. The molecule has 0 aliphatic carbocycles. The molecule has 0 aliphatic heterocycles. The van der Waals surface area contributed by atoms with Gasteiger partial charge in [-0.15, -0.1) is 0 Å². The molecule has 2 atom stereocenters. The number of hydrogen-bond acceptors (Lipinski definition) is 0. The van der Waals surface area contributed by atoms with Gasteiger partial charge in [-0.3, -0.25) is 0 Å². The lowest BCUT2D eigenvalue weighted by Crippen LogP contribution is -2.06. The molecular formula is C7H13F2. The highest BCUT2D eigenvalue weighted by molar-refractivity contribution is 4.60. The monoisotopic (exact) mass is 135 g/mol. The van der Waals surface area contributed by atoms with Crippen molar-refractivity contribution in [3.63, 3.8) is 0 Å². The second-order valence-corrected chi connectivity index (χ2v) is 2.26. The minimum atomic E-state index is -1.02. The summed E-state index contributed by atoms with van der Waals surface area (Å²) in [5.41, 5.74) is 0. The molecule has 0 aromatic rings. The summed E-state index contributed by atoms with van der Waals surface area (Å²) in [4.78, 5) is 0. The molecule has 0 saturated heterocycles. The molecule has 55 valence electrons. The fourth-order valence-electron chi connectivity index (χ4n) is 0.692. The first-order valence-electron chi connectivity index (χ1n) is 3.24. The predicted octanol–water partition coefficient (Wildman–Crippen LogP) is 2.69. The lowest BCUT2D eigenvalue weighted by molar-refractivity contribution is 0.222. The minimum Gasteiger partial charge on any atom is -0.248 e. The van der Waals surface area contributed by atoms with Crippen LogP contribution in [-0.4, -0.2) is 12.3 Å². The average molecular weight is 135 g/mol. The highest BCUT2D eigenvalue weighted by Gasteiger charge is 2.08. The Labute approximate surface area is 55.3 Å². The first kappa shape index (κ1) is 8.86. The normalized spacial score (nSPS) is 17.3. The Morgan fingerprint density at radius 2 is 2.00 bits per heavy atom. The first-order valence-corrected chi connectivity index (χ1v) is 3.24. The van der Waals surface area contributed by atoms with Crippen LogP contribution in [0.2, 0.25) is 0 Å². The van der Waals surface area contributed by atoms with Gasteiger partial charge in [0.25, 0.3) is 0 Å². The Morgan fingerprint density at radius 1 is 1.44 bits per heavy atom. The van der Waals surface area contributed by atoms with Gasteiger partial charge in [-0.2, -0.15) is 0 Å². The zero-order valence-corrected chi connectivity index (χ0v) is 5.74. The second-order valence-electron chi connectivity index (χ2n) is 2.26. The van der Waals surface area contributed by atoms with Crippen molar-refractivity contribution in [2.24, 2.45) is 0 Å². The third kappa shape index (κ3) is 5.74. The summed E-state index contributed by atoms with van der Waals surface area (Å²) in [6.45, 7) is 4.84. The van der Waals surface area contributed by atoms with Crippen LogP contribution in [0.3, 0.4) is 0 Å². The fourth-order valence-corrected chi connectivity index (χ4v) is 0.692. The van der Waals surface area contributed by atoms with E-state index in [1.165, 1.54) is 6.92 Å². The standard InChI is InChI=1S/C7H13F2/c1-3-4-7(9)5-6(2)8/h6-7H,1,3-5H2,2H3/t6?,7-/m0/s1. The van der Waals surface area contributed by atoms with E-state index in [9.17, 15) is 8.78 Å². The van der Waals surface area contributed by atoms with Gasteiger partial charge >= 0.3 is 0 Å². The van der Waals surface area contributed by atoms with Crippen molar-refractivity contribution in [2.75, 3.05) is 0 Å². The molecule has 2 heteroatoms. The van der Waals surface area contributed by atoms with Gasteiger partial charge in [0.05, 0.1) is 0 Å². The summed E-state index contributed by atoms with van der Waals surface area (Å²) in [5.74, 6) is 0. The molecule has 0 saturated carbocycles. The molecule has 0 fully saturated rings. The summed E-state index contributed by atoms with van der Waals surface area (Å²) in [6, 6.07) is 0. The van der Waals surface area contributed by atoms with Gasteiger partial charge < -0.3 is 0 Å². The van der Waals surface area contributed by atoms with E-state index < -0.39 is 12.3 Å². The number of halogens is 2. The van der Waals surface area contributed by atoms with Gasteiger partial charge in [-0.25, -0.2) is 8.78 Å². The van der Waals surface area contributed by atoms with E-state index in [0.717, 1.165) is 0 Å². The van der Waals surface area contributed by atoms with Crippen LogP contribution in [0.5, 0.6) is 0 Å². The van der Waals surface area contributed by atoms with Crippen LogP contribution >= 0.6 is 0 Å². The SMILES string of the molecule is [CH2]CC[C@H](F)CC(C)F. The fraction of sp³-hybridized carbons (Fsp3) is 0.857. The summed E-state index contributed by atoms with van der Waals surface area (Å²) in [5, 5.41) is 0. The molecule has 9 heavy (non-hydrogen) atoms. The maximum absolute atomic E-state index is 12.4. The van der Waals surface area contributed by atoms with E-state index in [1.807, 2.05) is 0 Å². The molecule has 0 nitrogen and oxygen atoms in total. The summed E-state index contributed by atoms with van der Waals surface area (Å²) >= 11 is 0. The van der Waals surface area contributed by atoms with E-state index in [0.29, 0.717) is 12.8 Å². The average Bonchev–Trinajstić information content (AvgIpc) is 1.63. The summed E-state index contributed by atoms with van der Waals surface area (Å²) in [6.07, 6.45) is -1.06. The van der Waals surface area contributed by atoms with Crippen LogP contribution in [0.25, 0.3) is 0 Å². The Balaban J connectivity index is 3.15. The van der Waals surface area contributed by atoms with Crippen molar-refractivity contribution in [1.29, 1.82) is 0 Å². The zero-order chi connectivity index (χ0) is 7.28. The van der Waals surface area contributed by atoms with Gasteiger partial charge in [0.15, 0.2) is 0 Å². The summed E-state index contributed by atoms with van der Waals surface area (Å²) in [7, 11) is 0. The molecule has 0 aromatic heterocycles. The van der Waals surface area contributed by atoms with E-state index in [-0.39, 0.29) is 6.42 Å². The maximum atomic E-state index is 12.4. The van der Waals surface area contributed by atoms with Crippen molar-refractivity contribution < 1.29 is 8.78 Å². The van der Waals surface area contributed by atoms with Crippen LogP contribution in [0, 0.1) is 6.92 Å². The lowest BCUT2D eigenvalue weighted by atomic mass is 10.1. The predicted molar refractivity (Wildman–Crippen MR) is 34.7 cm³/mol. The number of hydrogen-bond donors (Lipinski definition) is 0. The quantitative estimate of drug-likeness (QED) is 0.556. The lowest BCUT2D eigenvalue weighted by Gasteiger charge is -2.05. The van der Waals surface area contributed by atoms with Crippen molar-refractivity contribution in [1.82, 2.24) is 0 Å². The largest absolute Gasteiger partial charge is 0.248 e. The Kier molecular flexibility index (Phi) is 4.64. The molecule has 0 amide bonds. The highest BCUT2D eigenvalue weighted by Crippen LogP contribution is 2.10. The maximum Gasteiger partial charge on any atom is 0.103 e. The number of alkyl halides is 2. The van der Waals surface area contributed by atoms with Crippen LogP contribution in [0.15, 0.2) is 0 Å². The van der Waals surface area contributed by atoms with E-state index in [2.05, 4.69) is 6.92 Å². The van der Waals surface area contributed by atoms with Gasteiger partial charge in [0.2, 0.25) is 0 Å². The van der Waals surface area contributed by atoms with Gasteiger partial charge in [0, 0.05) is 6.42 Å². The molecule has 0 aromatic carbocycles. The third-order valence-corrected chi connectivity index (χ3v) is 1.10. The van der Waals surface area contributed by atoms with Crippen molar-refractivity contribution in [3.05, 3.63) is 6.92 Å². The number of rotatable bonds is 4. The van der Waals surface area contributed by atoms with Gasteiger partial charge in [-0.1, -0.05) is 13.3 Å². The molecule has 0 N–H and O–H groups in total. The Morgan fingerprint density at radius 3 is 2.33 bits per heavy atom. The molecule has 0 bridgehead atoms. The molecule has 0 heterocycles. The topological polar surface area (TPSA) is 0 Å². The van der Waals surface area contributed by atoms with Crippen LogP contribution < -0.4 is 0 Å². The first-order chi connectivity index (χ1) is 4.16. The van der Waals surface area contributed by atoms with Crippen LogP contribution in [-0.2, 0) is 0 Å². The van der Waals surface area contributed by atoms with Gasteiger partial charge in [-0.05, 0) is 13.3 Å². The van der Waals surface area contributed by atoms with E-state index in [1.54, 1.807) is 0 Å². The zero-order valence-electron chi connectivity index (χ0n) is 5.74. The van der Waals surface area contributed by atoms with Crippen LogP contribution in [0.4, 0.5) is 8.78 Å². The Bertz CT molecular complexity index is 61.9. The van der Waals surface area contributed by atoms with Crippen molar-refractivity contribution >= 4 is 0 Å². The third-order valence-electron chi connectivity index (χ3n) is 1.10. The highest BCUT2D eigenvalue weighted by atomic mass is 19.1. The van der Waals surface area contributed by atoms with Crippen LogP contribution in [0.1, 0.15) is 26.2 Å². The minimum absolute atomic E-state index is 0.0233. The van der Waals surface area contributed by atoms with E-state index >= 15 is 0 Å². The molecule has 1 unspecified atom stereocenters. The molecule has 1 radical (unpaired) electrons. The molecule has 0 rings (SSSR count).